The molecule has 0 aliphatic carbocycles. The molecule has 0 radical (unpaired) electrons. The Bertz CT molecular complexity index is 640. The number of amides is 1. The van der Waals surface area contributed by atoms with Crippen LogP contribution in [-0.2, 0) is 9.53 Å². The van der Waals surface area contributed by atoms with Gasteiger partial charge in [0.2, 0.25) is 5.91 Å². The summed E-state index contributed by atoms with van der Waals surface area (Å²) in [5.74, 6) is -0.325. The van der Waals surface area contributed by atoms with E-state index in [2.05, 4.69) is 23.3 Å². The van der Waals surface area contributed by atoms with Gasteiger partial charge in [-0.1, -0.05) is 36.4 Å². The molecular formula is C17H21N3O2S. The highest BCUT2D eigenvalue weighted by molar-refractivity contribution is 7.80. The van der Waals surface area contributed by atoms with Gasteiger partial charge in [-0.3, -0.25) is 4.79 Å². The third kappa shape index (κ3) is 3.38. The lowest BCUT2D eigenvalue weighted by Crippen LogP contribution is -2.55. The highest BCUT2D eigenvalue weighted by atomic mass is 32.1. The van der Waals surface area contributed by atoms with Crippen LogP contribution in [0.3, 0.4) is 0 Å². The van der Waals surface area contributed by atoms with E-state index in [4.69, 9.17) is 17.0 Å². The predicted octanol–water partition coefficient (Wildman–Crippen LogP) is 1.50. The number of benzene rings is 1. The molecule has 2 N–H and O–H groups in total. The van der Waals surface area contributed by atoms with Crippen molar-refractivity contribution in [2.45, 2.75) is 13.0 Å². The lowest BCUT2D eigenvalue weighted by atomic mass is 9.87. The molecule has 0 spiro atoms. The van der Waals surface area contributed by atoms with E-state index >= 15 is 0 Å². The number of nitrogens with one attached hydrogen (secondary N) is 2. The van der Waals surface area contributed by atoms with Crippen LogP contribution in [0.2, 0.25) is 0 Å². The normalized spacial score (nSPS) is 24.8. The smallest absolute Gasteiger partial charge is 0.234 e. The molecule has 1 aromatic carbocycles. The SMILES string of the molecule is C=C1NC(=S)N[C@@H](c2cccc(C)c2)[C@@H]1C(=O)N1CCOCC1. The summed E-state index contributed by atoms with van der Waals surface area (Å²) < 4.78 is 5.34. The minimum atomic E-state index is -0.387. The van der Waals surface area contributed by atoms with Gasteiger partial charge in [-0.2, -0.15) is 0 Å². The number of ether oxygens (including phenoxy) is 1. The van der Waals surface area contributed by atoms with E-state index in [-0.39, 0.29) is 17.9 Å². The summed E-state index contributed by atoms with van der Waals surface area (Å²) in [6, 6.07) is 7.93. The lowest BCUT2D eigenvalue weighted by molar-refractivity contribution is -0.139. The Balaban J connectivity index is 1.91. The van der Waals surface area contributed by atoms with E-state index in [0.717, 1.165) is 11.1 Å². The summed E-state index contributed by atoms with van der Waals surface area (Å²) in [5.41, 5.74) is 2.84. The van der Waals surface area contributed by atoms with Crippen molar-refractivity contribution in [1.82, 2.24) is 15.5 Å². The molecule has 0 unspecified atom stereocenters. The molecule has 1 amide bonds. The summed E-state index contributed by atoms with van der Waals surface area (Å²) in [4.78, 5) is 14.9. The quantitative estimate of drug-likeness (QED) is 0.805. The van der Waals surface area contributed by atoms with E-state index in [0.29, 0.717) is 37.1 Å². The van der Waals surface area contributed by atoms with E-state index in [1.807, 2.05) is 30.0 Å². The zero-order chi connectivity index (χ0) is 16.4. The molecule has 0 bridgehead atoms. The monoisotopic (exact) mass is 331 g/mol. The molecule has 1 aromatic rings. The second-order valence-electron chi connectivity index (χ2n) is 5.93. The van der Waals surface area contributed by atoms with Crippen LogP contribution in [0.25, 0.3) is 0 Å². The molecule has 0 saturated carbocycles. The van der Waals surface area contributed by atoms with Gasteiger partial charge in [0.15, 0.2) is 5.11 Å². The number of aryl methyl sites for hydroxylation is 1. The van der Waals surface area contributed by atoms with Crippen LogP contribution in [0.5, 0.6) is 0 Å². The Labute approximate surface area is 141 Å². The molecule has 23 heavy (non-hydrogen) atoms. The van der Waals surface area contributed by atoms with Crippen molar-refractivity contribution in [3.8, 4) is 0 Å². The lowest BCUT2D eigenvalue weighted by Gasteiger charge is -2.39. The number of carbonyl (C=O) groups is 1. The van der Waals surface area contributed by atoms with Crippen LogP contribution in [0, 0.1) is 12.8 Å². The summed E-state index contributed by atoms with van der Waals surface area (Å²) >= 11 is 5.26. The number of thiocarbonyl (C=S) groups is 1. The average molecular weight is 331 g/mol. The van der Waals surface area contributed by atoms with Gasteiger partial charge >= 0.3 is 0 Å². The van der Waals surface area contributed by atoms with Crippen LogP contribution >= 0.6 is 12.2 Å². The minimum absolute atomic E-state index is 0.0623. The van der Waals surface area contributed by atoms with E-state index < -0.39 is 0 Å². The summed E-state index contributed by atoms with van der Waals surface area (Å²) in [6.07, 6.45) is 0. The van der Waals surface area contributed by atoms with Gasteiger partial charge in [0, 0.05) is 18.8 Å². The molecule has 2 saturated heterocycles. The number of hydrogen-bond donors (Lipinski definition) is 2. The average Bonchev–Trinajstić information content (AvgIpc) is 2.54. The van der Waals surface area contributed by atoms with Crippen molar-refractivity contribution in [2.24, 2.45) is 5.92 Å². The molecule has 0 aromatic heterocycles. The van der Waals surface area contributed by atoms with Crippen molar-refractivity contribution in [2.75, 3.05) is 26.3 Å². The molecule has 5 nitrogen and oxygen atoms in total. The van der Waals surface area contributed by atoms with E-state index in [1.54, 1.807) is 0 Å². The Morgan fingerprint density at radius 3 is 2.83 bits per heavy atom. The first-order chi connectivity index (χ1) is 11.1. The molecule has 2 aliphatic rings. The molecule has 122 valence electrons. The highest BCUT2D eigenvalue weighted by Gasteiger charge is 2.39. The zero-order valence-corrected chi connectivity index (χ0v) is 14.0. The number of morpholine rings is 1. The van der Waals surface area contributed by atoms with Crippen molar-refractivity contribution in [3.63, 3.8) is 0 Å². The summed E-state index contributed by atoms with van der Waals surface area (Å²) in [5, 5.41) is 6.76. The maximum absolute atomic E-state index is 13.0. The fourth-order valence-electron chi connectivity index (χ4n) is 3.10. The van der Waals surface area contributed by atoms with Crippen LogP contribution < -0.4 is 10.6 Å². The van der Waals surface area contributed by atoms with Gasteiger partial charge in [-0.05, 0) is 24.7 Å². The van der Waals surface area contributed by atoms with Crippen LogP contribution in [0.15, 0.2) is 36.5 Å². The van der Waals surface area contributed by atoms with Crippen molar-refractivity contribution < 1.29 is 9.53 Å². The van der Waals surface area contributed by atoms with E-state index in [1.165, 1.54) is 0 Å². The highest BCUT2D eigenvalue weighted by Crippen LogP contribution is 2.31. The first kappa shape index (κ1) is 16.0. The van der Waals surface area contributed by atoms with Gasteiger partial charge in [0.1, 0.15) is 5.92 Å². The Hall–Kier alpha value is -1.92. The number of nitrogens with zero attached hydrogens (tertiary/aromatic N) is 1. The maximum Gasteiger partial charge on any atom is 0.234 e. The summed E-state index contributed by atoms with van der Waals surface area (Å²) in [6.45, 7) is 8.48. The Morgan fingerprint density at radius 1 is 1.39 bits per heavy atom. The summed E-state index contributed by atoms with van der Waals surface area (Å²) in [7, 11) is 0. The molecule has 2 heterocycles. The Morgan fingerprint density at radius 2 is 2.13 bits per heavy atom. The zero-order valence-electron chi connectivity index (χ0n) is 13.2. The molecule has 2 aliphatic heterocycles. The first-order valence-electron chi connectivity index (χ1n) is 7.75. The molecule has 6 heteroatoms. The second-order valence-corrected chi connectivity index (χ2v) is 6.34. The molecule has 2 atom stereocenters. The number of rotatable bonds is 2. The number of carbonyl (C=O) groups excluding carboxylic acids is 1. The largest absolute Gasteiger partial charge is 0.378 e. The van der Waals surface area contributed by atoms with Gasteiger partial charge in [0.05, 0.1) is 19.3 Å². The van der Waals surface area contributed by atoms with E-state index in [9.17, 15) is 4.79 Å². The van der Waals surface area contributed by atoms with Gasteiger partial charge in [0.25, 0.3) is 0 Å². The van der Waals surface area contributed by atoms with Crippen LogP contribution in [-0.4, -0.2) is 42.2 Å². The van der Waals surface area contributed by atoms with Crippen molar-refractivity contribution >= 4 is 23.2 Å². The van der Waals surface area contributed by atoms with Crippen LogP contribution in [0.4, 0.5) is 0 Å². The van der Waals surface area contributed by atoms with Gasteiger partial charge in [-0.25, -0.2) is 0 Å². The fraction of sp³-hybridized carbons (Fsp3) is 0.412. The fourth-order valence-corrected chi connectivity index (χ4v) is 3.35. The van der Waals surface area contributed by atoms with Gasteiger partial charge < -0.3 is 20.3 Å². The van der Waals surface area contributed by atoms with Gasteiger partial charge in [-0.15, -0.1) is 0 Å². The van der Waals surface area contributed by atoms with Crippen LogP contribution in [0.1, 0.15) is 17.2 Å². The first-order valence-corrected chi connectivity index (χ1v) is 8.16. The molecular weight excluding hydrogens is 310 g/mol. The Kier molecular flexibility index (Phi) is 4.63. The maximum atomic E-state index is 13.0. The molecule has 2 fully saturated rings. The van der Waals surface area contributed by atoms with Crippen molar-refractivity contribution in [1.29, 1.82) is 0 Å². The third-order valence-corrected chi connectivity index (χ3v) is 4.48. The second kappa shape index (κ2) is 6.68. The minimum Gasteiger partial charge on any atom is -0.378 e. The standard InChI is InChI=1S/C17H21N3O2S/c1-11-4-3-5-13(10-11)15-14(12(2)18-17(23)19-15)16(21)20-6-8-22-9-7-20/h3-5,10,14-15H,2,6-9H2,1H3,(H2,18,19,23)/t14-,15+/m1/s1. The molecule has 3 rings (SSSR count). The number of hydrogen-bond acceptors (Lipinski definition) is 3. The topological polar surface area (TPSA) is 53.6 Å². The van der Waals surface area contributed by atoms with Crippen molar-refractivity contribution in [3.05, 3.63) is 47.7 Å². The third-order valence-electron chi connectivity index (χ3n) is 4.26. The predicted molar refractivity (Wildman–Crippen MR) is 92.8 cm³/mol.